The predicted octanol–water partition coefficient (Wildman–Crippen LogP) is 3.17. The van der Waals surface area contributed by atoms with Crippen LogP contribution in [-0.2, 0) is 33.1 Å². The number of hydrogen-bond acceptors (Lipinski definition) is 4. The zero-order chi connectivity index (χ0) is 18.4. The van der Waals surface area contributed by atoms with Gasteiger partial charge in [0, 0.05) is 40.3 Å². The third kappa shape index (κ3) is 5.50. The Labute approximate surface area is 162 Å². The van der Waals surface area contributed by atoms with Gasteiger partial charge in [-0.3, -0.25) is 0 Å². The van der Waals surface area contributed by atoms with Gasteiger partial charge in [-0.25, -0.2) is 9.78 Å². The van der Waals surface area contributed by atoms with Crippen LogP contribution in [0.3, 0.4) is 0 Å². The fourth-order valence-electron chi connectivity index (χ4n) is 1.97. The van der Waals surface area contributed by atoms with E-state index in [1.54, 1.807) is 36.4 Å². The number of nitrogens with zero attached hydrogens (tertiary/aromatic N) is 4. The summed E-state index contributed by atoms with van der Waals surface area (Å²) >= 11 is 0. The molecule has 0 saturated heterocycles. The third-order valence-electron chi connectivity index (χ3n) is 3.10. The maximum atomic E-state index is 13.1. The molecule has 139 valence electrons. The summed E-state index contributed by atoms with van der Waals surface area (Å²) in [6, 6.07) is 14.7. The number of pyridine rings is 1. The molecule has 6 nitrogen and oxygen atoms in total. The zero-order valence-corrected chi connectivity index (χ0v) is 16.2. The Bertz CT molecular complexity index is 837. The van der Waals surface area contributed by atoms with E-state index >= 15 is 0 Å². The second-order valence-electron chi connectivity index (χ2n) is 5.09. The molecule has 0 unspecified atom stereocenters. The quantitative estimate of drug-likeness (QED) is 0.520. The van der Waals surface area contributed by atoms with Crippen molar-refractivity contribution in [1.82, 2.24) is 19.7 Å². The van der Waals surface area contributed by atoms with Crippen molar-refractivity contribution in [2.75, 3.05) is 0 Å². The maximum Gasteiger partial charge on any atom is 0.354 e. The molecule has 0 spiro atoms. The minimum absolute atomic E-state index is 0. The summed E-state index contributed by atoms with van der Waals surface area (Å²) in [4.78, 5) is 13.7. The van der Waals surface area contributed by atoms with Gasteiger partial charge in [-0.05, 0) is 12.1 Å². The van der Waals surface area contributed by atoms with Gasteiger partial charge < -0.3 is 9.67 Å². The third-order valence-corrected chi connectivity index (χ3v) is 3.10. The summed E-state index contributed by atoms with van der Waals surface area (Å²) in [5.41, 5.74) is 0.727. The minimum atomic E-state index is -2.99. The van der Waals surface area contributed by atoms with E-state index in [1.807, 2.05) is 0 Å². The van der Waals surface area contributed by atoms with Crippen LogP contribution in [0.15, 0.2) is 48.7 Å². The van der Waals surface area contributed by atoms with Gasteiger partial charge in [-0.15, -0.1) is 41.0 Å². The number of carboxylic acids is 1. The topological polar surface area (TPSA) is 80.9 Å². The number of rotatable bonds is 3. The molecular weight excluding hydrogens is 522 g/mol. The first kappa shape index (κ1) is 21.5. The monoisotopic (exact) mass is 538 g/mol. The second kappa shape index (κ2) is 9.26. The van der Waals surface area contributed by atoms with Gasteiger partial charge in [0.2, 0.25) is 0 Å². The Morgan fingerprint density at radius 2 is 1.88 bits per heavy atom. The van der Waals surface area contributed by atoms with Crippen molar-refractivity contribution in [2.45, 2.75) is 12.8 Å². The molecule has 1 radical (unpaired) electrons. The van der Waals surface area contributed by atoms with E-state index in [2.05, 4.69) is 21.2 Å². The van der Waals surface area contributed by atoms with Crippen LogP contribution in [-0.4, -0.2) is 30.8 Å². The molecule has 0 bridgehead atoms. The number of carboxylic acid groups (broad SMARTS) is 1. The molecule has 1 aromatic carbocycles. The Balaban J connectivity index is 0.000000290. The molecule has 0 aliphatic heterocycles. The number of halogens is 2. The van der Waals surface area contributed by atoms with Crippen molar-refractivity contribution in [1.29, 1.82) is 0 Å². The first-order valence-corrected chi connectivity index (χ1v) is 7.20. The van der Waals surface area contributed by atoms with Crippen molar-refractivity contribution >= 4 is 5.97 Å². The summed E-state index contributed by atoms with van der Waals surface area (Å²) in [5, 5.41) is 15.6. The fraction of sp³-hybridized carbons (Fsp3) is 0.176. The molecule has 9 heteroatoms. The van der Waals surface area contributed by atoms with Gasteiger partial charge >= 0.3 is 11.9 Å². The van der Waals surface area contributed by atoms with E-state index in [0.717, 1.165) is 6.92 Å². The molecule has 26 heavy (non-hydrogen) atoms. The summed E-state index contributed by atoms with van der Waals surface area (Å²) in [5.74, 6) is -3.94. The fourth-order valence-corrected chi connectivity index (χ4v) is 1.97. The number of hydrogen-bond donors (Lipinski definition) is 1. The smallest absolute Gasteiger partial charge is 0.354 e. The summed E-state index contributed by atoms with van der Waals surface area (Å²) in [6.07, 6.45) is 1.45. The molecular formula is C17H15F2IrN4O2-. The summed E-state index contributed by atoms with van der Waals surface area (Å²) < 4.78 is 27.5. The molecule has 1 N–H and O–H groups in total. The Hall–Kier alpha value is -2.51. The van der Waals surface area contributed by atoms with E-state index in [1.165, 1.54) is 23.9 Å². The van der Waals surface area contributed by atoms with Crippen LogP contribution in [0.1, 0.15) is 23.2 Å². The van der Waals surface area contributed by atoms with Crippen molar-refractivity contribution in [3.05, 3.63) is 66.2 Å². The van der Waals surface area contributed by atoms with Gasteiger partial charge in [-0.1, -0.05) is 6.07 Å². The average Bonchev–Trinajstić information content (AvgIpc) is 2.99. The van der Waals surface area contributed by atoms with E-state index in [0.29, 0.717) is 11.4 Å². The van der Waals surface area contributed by atoms with E-state index in [4.69, 9.17) is 5.11 Å². The normalized spacial score (nSPS) is 10.3. The SMILES string of the molecule is Cn1c(-c2[c-]cccc2)nnc1C(C)(F)F.O=C(O)c1ccccn1.[Ir]. The van der Waals surface area contributed by atoms with Crippen LogP contribution < -0.4 is 0 Å². The molecule has 2 aromatic heterocycles. The molecule has 0 fully saturated rings. The van der Waals surface area contributed by atoms with Crippen LogP contribution in [0.4, 0.5) is 8.78 Å². The van der Waals surface area contributed by atoms with Gasteiger partial charge in [0.25, 0.3) is 0 Å². The van der Waals surface area contributed by atoms with Gasteiger partial charge in [0.05, 0.1) is 5.82 Å². The maximum absolute atomic E-state index is 13.1. The van der Waals surface area contributed by atoms with Crippen LogP contribution >= 0.6 is 0 Å². The molecule has 0 aliphatic carbocycles. The number of carbonyl (C=O) groups is 1. The predicted molar refractivity (Wildman–Crippen MR) is 86.0 cm³/mol. The number of aromatic carboxylic acids is 1. The molecule has 0 amide bonds. The van der Waals surface area contributed by atoms with Crippen LogP contribution in [0.2, 0.25) is 0 Å². The standard InChI is InChI=1S/C11H10F2N3.C6H5NO2.Ir/c1-11(12,13)10-15-14-9(16(10)2)8-6-4-3-5-7-8;8-6(9)5-3-1-2-4-7-5;/h3-6H,1-2H3;1-4H,(H,8,9);/q-1;;. The average molecular weight is 538 g/mol. The van der Waals surface area contributed by atoms with Gasteiger partial charge in [0.15, 0.2) is 5.82 Å². The minimum Gasteiger partial charge on any atom is -0.477 e. The molecule has 3 aromatic rings. The summed E-state index contributed by atoms with van der Waals surface area (Å²) in [7, 11) is 1.52. The molecule has 2 heterocycles. The van der Waals surface area contributed by atoms with Gasteiger partial charge in [0.1, 0.15) is 5.69 Å². The Kier molecular flexibility index (Phi) is 7.67. The molecule has 0 aliphatic rings. The van der Waals surface area contributed by atoms with Crippen molar-refractivity contribution < 1.29 is 38.8 Å². The first-order valence-electron chi connectivity index (χ1n) is 7.20. The van der Waals surface area contributed by atoms with E-state index in [-0.39, 0.29) is 31.6 Å². The van der Waals surface area contributed by atoms with Crippen LogP contribution in [0.5, 0.6) is 0 Å². The molecule has 0 saturated carbocycles. The number of benzene rings is 1. The van der Waals surface area contributed by atoms with Crippen LogP contribution in [0.25, 0.3) is 11.4 Å². The van der Waals surface area contributed by atoms with Gasteiger partial charge in [-0.2, -0.15) is 13.9 Å². The van der Waals surface area contributed by atoms with E-state index in [9.17, 15) is 13.6 Å². The van der Waals surface area contributed by atoms with E-state index < -0.39 is 11.9 Å². The Morgan fingerprint density at radius 1 is 1.19 bits per heavy atom. The zero-order valence-electron chi connectivity index (χ0n) is 13.9. The number of aromatic nitrogens is 4. The largest absolute Gasteiger partial charge is 0.477 e. The number of alkyl halides is 2. The first-order chi connectivity index (χ1) is 11.8. The van der Waals surface area contributed by atoms with Crippen molar-refractivity contribution in [3.8, 4) is 11.4 Å². The second-order valence-corrected chi connectivity index (χ2v) is 5.09. The molecule has 3 rings (SSSR count). The Morgan fingerprint density at radius 3 is 2.31 bits per heavy atom. The summed E-state index contributed by atoms with van der Waals surface area (Å²) in [6.45, 7) is 0.801. The van der Waals surface area contributed by atoms with Crippen molar-refractivity contribution in [3.63, 3.8) is 0 Å². The van der Waals surface area contributed by atoms with Crippen LogP contribution in [0, 0.1) is 6.07 Å². The molecule has 0 atom stereocenters. The van der Waals surface area contributed by atoms with Crippen molar-refractivity contribution in [2.24, 2.45) is 7.05 Å².